The fourth-order valence-electron chi connectivity index (χ4n) is 2.79. The third-order valence-corrected chi connectivity index (χ3v) is 4.01. The van der Waals surface area contributed by atoms with Gasteiger partial charge in [0.1, 0.15) is 0 Å². The number of aliphatic carboxylic acids is 2. The first kappa shape index (κ1) is 18.7. The topological polar surface area (TPSA) is 83.8 Å². The molecule has 3 rings (SSSR count). The summed E-state index contributed by atoms with van der Waals surface area (Å²) in [6, 6.07) is 16.9. The molecule has 2 atom stereocenters. The van der Waals surface area contributed by atoms with Gasteiger partial charge in [-0.25, -0.2) is 0 Å². The van der Waals surface area contributed by atoms with Crippen LogP contribution in [0, 0.1) is 0 Å². The van der Waals surface area contributed by atoms with Crippen molar-refractivity contribution in [3.8, 4) is 0 Å². The van der Waals surface area contributed by atoms with E-state index in [1.807, 2.05) is 0 Å². The van der Waals surface area contributed by atoms with E-state index in [4.69, 9.17) is 4.74 Å². The third kappa shape index (κ3) is 5.43. The minimum atomic E-state index is -1.15. The Morgan fingerprint density at radius 3 is 1.32 bits per heavy atom. The molecular weight excluding hydrogens is 320 g/mol. The number of carboxylic acid groups (broad SMARTS) is 2. The van der Waals surface area contributed by atoms with Crippen LogP contribution in [-0.4, -0.2) is 35.4 Å². The average molecular weight is 342 g/mol. The van der Waals surface area contributed by atoms with Crippen LogP contribution < -0.4 is 0 Å². The van der Waals surface area contributed by atoms with Crippen molar-refractivity contribution < 1.29 is 24.5 Å². The predicted molar refractivity (Wildman–Crippen MR) is 93.7 cm³/mol. The number of carboxylic acids is 2. The lowest BCUT2D eigenvalue weighted by molar-refractivity contribution is -0.147. The molecule has 0 bridgehead atoms. The summed E-state index contributed by atoms with van der Waals surface area (Å²) in [5.41, 5.74) is 0.965. The summed E-state index contributed by atoms with van der Waals surface area (Å²) < 4.78 is 4.94. The Bertz CT molecular complexity index is 602. The Hall–Kier alpha value is -2.66. The van der Waals surface area contributed by atoms with Gasteiger partial charge in [0.25, 0.3) is 0 Å². The zero-order valence-electron chi connectivity index (χ0n) is 13.9. The van der Waals surface area contributed by atoms with Gasteiger partial charge in [0, 0.05) is 13.2 Å². The zero-order chi connectivity index (χ0) is 18.1. The third-order valence-electron chi connectivity index (χ3n) is 4.01. The molecule has 0 aliphatic carbocycles. The molecule has 5 nitrogen and oxygen atoms in total. The van der Waals surface area contributed by atoms with Gasteiger partial charge < -0.3 is 14.9 Å². The molecule has 132 valence electrons. The summed E-state index contributed by atoms with van der Waals surface area (Å²) in [5, 5.41) is 18.9. The van der Waals surface area contributed by atoms with Crippen LogP contribution in [0.2, 0.25) is 0 Å². The van der Waals surface area contributed by atoms with E-state index in [-0.39, 0.29) is 0 Å². The summed E-state index contributed by atoms with van der Waals surface area (Å²) >= 11 is 0. The van der Waals surface area contributed by atoms with E-state index in [1.165, 1.54) is 12.8 Å². The van der Waals surface area contributed by atoms with Crippen molar-refractivity contribution in [2.75, 3.05) is 13.2 Å². The maximum absolute atomic E-state index is 11.6. The molecule has 0 spiro atoms. The van der Waals surface area contributed by atoms with Gasteiger partial charge in [0.15, 0.2) is 0 Å². The molecule has 1 aliphatic rings. The first-order chi connectivity index (χ1) is 12.1. The summed E-state index contributed by atoms with van der Waals surface area (Å²) in [5.74, 6) is -4.52. The maximum Gasteiger partial charge on any atom is 0.312 e. The first-order valence-electron chi connectivity index (χ1n) is 8.24. The van der Waals surface area contributed by atoms with Gasteiger partial charge in [0.05, 0.1) is 11.8 Å². The predicted octanol–water partition coefficient (Wildman–Crippen LogP) is 3.52. The summed E-state index contributed by atoms with van der Waals surface area (Å²) in [6.07, 6.45) is 2.56. The number of rotatable bonds is 5. The minimum Gasteiger partial charge on any atom is -0.481 e. The quantitative estimate of drug-likeness (QED) is 0.868. The van der Waals surface area contributed by atoms with E-state index in [0.717, 1.165) is 13.2 Å². The number of hydrogen-bond acceptors (Lipinski definition) is 3. The molecule has 2 aromatic carbocycles. The second kappa shape index (κ2) is 9.59. The highest BCUT2D eigenvalue weighted by Crippen LogP contribution is 2.33. The van der Waals surface area contributed by atoms with Crippen molar-refractivity contribution in [1.29, 1.82) is 0 Å². The molecule has 0 amide bonds. The molecule has 1 heterocycles. The van der Waals surface area contributed by atoms with Crippen LogP contribution in [0.3, 0.4) is 0 Å². The number of ether oxygens (including phenoxy) is 1. The Labute approximate surface area is 146 Å². The molecule has 1 aliphatic heterocycles. The summed E-state index contributed by atoms with van der Waals surface area (Å²) in [7, 11) is 0. The van der Waals surface area contributed by atoms with E-state index in [1.54, 1.807) is 60.7 Å². The average Bonchev–Trinajstić information content (AvgIpc) is 3.20. The van der Waals surface area contributed by atoms with Crippen molar-refractivity contribution in [3.05, 3.63) is 71.8 Å². The molecule has 0 radical (unpaired) electrons. The normalized spacial score (nSPS) is 15.5. The van der Waals surface area contributed by atoms with Crippen molar-refractivity contribution >= 4 is 11.9 Å². The minimum absolute atomic E-state index is 0.483. The van der Waals surface area contributed by atoms with Crippen LogP contribution in [0.1, 0.15) is 35.8 Å². The van der Waals surface area contributed by atoms with Gasteiger partial charge >= 0.3 is 11.9 Å². The van der Waals surface area contributed by atoms with Crippen LogP contribution in [0.15, 0.2) is 60.7 Å². The van der Waals surface area contributed by atoms with Gasteiger partial charge in [-0.2, -0.15) is 0 Å². The van der Waals surface area contributed by atoms with Gasteiger partial charge in [-0.1, -0.05) is 60.7 Å². The second-order valence-electron chi connectivity index (χ2n) is 5.77. The molecule has 0 unspecified atom stereocenters. The van der Waals surface area contributed by atoms with Crippen molar-refractivity contribution in [2.24, 2.45) is 0 Å². The van der Waals surface area contributed by atoms with Crippen molar-refractivity contribution in [2.45, 2.75) is 24.7 Å². The molecule has 2 N–H and O–H groups in total. The van der Waals surface area contributed by atoms with E-state index >= 15 is 0 Å². The smallest absolute Gasteiger partial charge is 0.312 e. The zero-order valence-corrected chi connectivity index (χ0v) is 13.9. The van der Waals surface area contributed by atoms with E-state index in [0.29, 0.717) is 11.1 Å². The van der Waals surface area contributed by atoms with Crippen molar-refractivity contribution in [1.82, 2.24) is 0 Å². The number of carbonyl (C=O) groups is 2. The molecule has 2 aromatic rings. The largest absolute Gasteiger partial charge is 0.481 e. The van der Waals surface area contributed by atoms with Crippen molar-refractivity contribution in [3.63, 3.8) is 0 Å². The lowest BCUT2D eigenvalue weighted by Gasteiger charge is -2.21. The SMILES string of the molecule is C1CCOC1.O=C(O)[C@@H](c1ccccc1)[C@@H](C(=O)O)c1ccccc1. The van der Waals surface area contributed by atoms with Crippen LogP contribution in [0.5, 0.6) is 0 Å². The van der Waals surface area contributed by atoms with Gasteiger partial charge in [-0.3, -0.25) is 9.59 Å². The van der Waals surface area contributed by atoms with Crippen LogP contribution >= 0.6 is 0 Å². The summed E-state index contributed by atoms with van der Waals surface area (Å²) in [6.45, 7) is 2.00. The van der Waals surface area contributed by atoms with Gasteiger partial charge in [0.2, 0.25) is 0 Å². The Kier molecular flexibility index (Phi) is 7.16. The molecular formula is C20H22O5. The monoisotopic (exact) mass is 342 g/mol. The van der Waals surface area contributed by atoms with E-state index in [9.17, 15) is 19.8 Å². The highest BCUT2D eigenvalue weighted by molar-refractivity contribution is 5.88. The standard InChI is InChI=1S/C16H14O4.C4H8O/c17-15(18)13(11-7-3-1-4-8-11)14(16(19)20)12-9-5-2-6-10-12;1-2-4-5-3-1/h1-10,13-14H,(H,17,18)(H,19,20);1-4H2/t13-,14-;/m0./s1. The van der Waals surface area contributed by atoms with Gasteiger partial charge in [-0.05, 0) is 24.0 Å². The summed E-state index contributed by atoms with van der Waals surface area (Å²) in [4.78, 5) is 23.1. The second-order valence-corrected chi connectivity index (χ2v) is 5.77. The lowest BCUT2D eigenvalue weighted by atomic mass is 9.81. The molecule has 0 saturated carbocycles. The molecule has 1 saturated heterocycles. The van der Waals surface area contributed by atoms with Gasteiger partial charge in [-0.15, -0.1) is 0 Å². The first-order valence-corrected chi connectivity index (χ1v) is 8.24. The molecule has 25 heavy (non-hydrogen) atoms. The molecule has 5 heteroatoms. The Morgan fingerprint density at radius 1 is 0.720 bits per heavy atom. The Morgan fingerprint density at radius 2 is 1.08 bits per heavy atom. The lowest BCUT2D eigenvalue weighted by Crippen LogP contribution is -2.26. The fraction of sp³-hybridized carbons (Fsp3) is 0.300. The highest BCUT2D eigenvalue weighted by atomic mass is 16.5. The van der Waals surface area contributed by atoms with Crippen LogP contribution in [0.25, 0.3) is 0 Å². The fourth-order valence-corrected chi connectivity index (χ4v) is 2.79. The number of benzene rings is 2. The molecule has 1 fully saturated rings. The molecule has 0 aromatic heterocycles. The van der Waals surface area contributed by atoms with Crippen LogP contribution in [0.4, 0.5) is 0 Å². The van der Waals surface area contributed by atoms with E-state index < -0.39 is 23.8 Å². The highest BCUT2D eigenvalue weighted by Gasteiger charge is 2.36. The van der Waals surface area contributed by atoms with Crippen LogP contribution in [-0.2, 0) is 14.3 Å². The Balaban J connectivity index is 0.000000386. The number of hydrogen-bond donors (Lipinski definition) is 2. The van der Waals surface area contributed by atoms with E-state index in [2.05, 4.69) is 0 Å². The maximum atomic E-state index is 11.6.